The summed E-state index contributed by atoms with van der Waals surface area (Å²) in [5.41, 5.74) is 1.67. The lowest BCUT2D eigenvalue weighted by atomic mass is 10.2. The Labute approximate surface area is 158 Å². The van der Waals surface area contributed by atoms with Crippen molar-refractivity contribution in [2.24, 2.45) is 0 Å². The molecule has 144 valence electrons. The molecule has 0 radical (unpaired) electrons. The summed E-state index contributed by atoms with van der Waals surface area (Å²) in [5.74, 6) is 1.47. The van der Waals surface area contributed by atoms with Gasteiger partial charge in [0.1, 0.15) is 18.9 Å². The molecule has 2 heterocycles. The van der Waals surface area contributed by atoms with Gasteiger partial charge in [0.25, 0.3) is 5.91 Å². The fraction of sp³-hybridized carbons (Fsp3) is 0.421. The number of amides is 1. The molecule has 0 unspecified atom stereocenters. The van der Waals surface area contributed by atoms with E-state index in [9.17, 15) is 4.79 Å². The third-order valence-corrected chi connectivity index (χ3v) is 3.95. The Morgan fingerprint density at radius 1 is 1.15 bits per heavy atom. The van der Waals surface area contributed by atoms with E-state index >= 15 is 0 Å². The van der Waals surface area contributed by atoms with Crippen LogP contribution in [0, 0.1) is 6.92 Å². The number of hydrogen-bond donors (Lipinski definition) is 2. The molecule has 0 spiro atoms. The highest BCUT2D eigenvalue weighted by Gasteiger charge is 2.15. The van der Waals surface area contributed by atoms with E-state index in [1.807, 2.05) is 21.0 Å². The predicted molar refractivity (Wildman–Crippen MR) is 104 cm³/mol. The van der Waals surface area contributed by atoms with Crippen molar-refractivity contribution in [2.45, 2.75) is 13.3 Å². The van der Waals surface area contributed by atoms with Gasteiger partial charge in [0.2, 0.25) is 5.95 Å². The molecule has 3 rings (SSSR count). The number of anilines is 2. The summed E-state index contributed by atoms with van der Waals surface area (Å²) >= 11 is 0. The number of aryl methyl sites for hydroxylation is 1. The molecule has 0 saturated carbocycles. The first-order chi connectivity index (χ1) is 13.0. The second kappa shape index (κ2) is 8.68. The molecule has 8 heteroatoms. The van der Waals surface area contributed by atoms with Gasteiger partial charge in [-0.1, -0.05) is 0 Å². The second-order valence-electron chi connectivity index (χ2n) is 6.61. The number of nitrogens with one attached hydrogen (secondary N) is 2. The Balaban J connectivity index is 1.65. The average molecular weight is 371 g/mol. The van der Waals surface area contributed by atoms with Gasteiger partial charge in [0, 0.05) is 24.0 Å². The normalized spacial score (nSPS) is 12.7. The Bertz CT molecular complexity index is 810. The SMILES string of the molecule is Cc1cc(C(=O)Nc2ccc3c(c2)OCCO3)nc(NCCCN(C)C)n1. The quantitative estimate of drug-likeness (QED) is 0.721. The van der Waals surface area contributed by atoms with Gasteiger partial charge in [-0.15, -0.1) is 0 Å². The smallest absolute Gasteiger partial charge is 0.274 e. The number of carbonyl (C=O) groups excluding carboxylic acids is 1. The number of hydrogen-bond acceptors (Lipinski definition) is 7. The van der Waals surface area contributed by atoms with E-state index in [0.717, 1.165) is 25.2 Å². The highest BCUT2D eigenvalue weighted by molar-refractivity contribution is 6.03. The molecule has 1 aromatic heterocycles. The molecule has 2 N–H and O–H groups in total. The van der Waals surface area contributed by atoms with Crippen LogP contribution >= 0.6 is 0 Å². The van der Waals surface area contributed by atoms with Crippen LogP contribution in [0.2, 0.25) is 0 Å². The van der Waals surface area contributed by atoms with Gasteiger partial charge in [-0.3, -0.25) is 4.79 Å². The molecule has 8 nitrogen and oxygen atoms in total. The van der Waals surface area contributed by atoms with Crippen molar-refractivity contribution in [3.8, 4) is 11.5 Å². The Hall–Kier alpha value is -2.87. The van der Waals surface area contributed by atoms with E-state index < -0.39 is 0 Å². The first-order valence-corrected chi connectivity index (χ1v) is 8.96. The number of ether oxygens (including phenoxy) is 2. The summed E-state index contributed by atoms with van der Waals surface area (Å²) < 4.78 is 11.0. The molecule has 1 amide bonds. The van der Waals surface area contributed by atoms with Crippen molar-refractivity contribution in [3.63, 3.8) is 0 Å². The van der Waals surface area contributed by atoms with E-state index in [2.05, 4.69) is 25.5 Å². The van der Waals surface area contributed by atoms with Gasteiger partial charge in [0.15, 0.2) is 11.5 Å². The van der Waals surface area contributed by atoms with Crippen molar-refractivity contribution in [1.29, 1.82) is 0 Å². The molecule has 0 bridgehead atoms. The lowest BCUT2D eigenvalue weighted by molar-refractivity contribution is 0.102. The Morgan fingerprint density at radius 2 is 1.93 bits per heavy atom. The monoisotopic (exact) mass is 371 g/mol. The minimum atomic E-state index is -0.298. The molecule has 2 aromatic rings. The van der Waals surface area contributed by atoms with Crippen LogP contribution in [-0.2, 0) is 0 Å². The van der Waals surface area contributed by atoms with Gasteiger partial charge in [-0.25, -0.2) is 9.97 Å². The summed E-state index contributed by atoms with van der Waals surface area (Å²) in [7, 11) is 4.06. The first kappa shape index (κ1) is 18.9. The van der Waals surface area contributed by atoms with Crippen LogP contribution in [-0.4, -0.2) is 61.2 Å². The van der Waals surface area contributed by atoms with Gasteiger partial charge in [0.05, 0.1) is 0 Å². The van der Waals surface area contributed by atoms with Crippen molar-refractivity contribution in [3.05, 3.63) is 35.7 Å². The van der Waals surface area contributed by atoms with Crippen LogP contribution in [0.5, 0.6) is 11.5 Å². The summed E-state index contributed by atoms with van der Waals surface area (Å²) in [6.45, 7) is 4.58. The first-order valence-electron chi connectivity index (χ1n) is 8.96. The highest BCUT2D eigenvalue weighted by atomic mass is 16.6. The number of aromatic nitrogens is 2. The molecule has 0 atom stereocenters. The van der Waals surface area contributed by atoms with E-state index in [1.54, 1.807) is 24.3 Å². The number of carbonyl (C=O) groups is 1. The van der Waals surface area contributed by atoms with E-state index in [0.29, 0.717) is 42.0 Å². The van der Waals surface area contributed by atoms with E-state index in [-0.39, 0.29) is 5.91 Å². The van der Waals surface area contributed by atoms with Gasteiger partial charge in [-0.05, 0) is 52.2 Å². The summed E-state index contributed by atoms with van der Waals surface area (Å²) in [4.78, 5) is 23.4. The third kappa shape index (κ3) is 5.30. The summed E-state index contributed by atoms with van der Waals surface area (Å²) in [5, 5.41) is 6.02. The lowest BCUT2D eigenvalue weighted by Crippen LogP contribution is -2.19. The maximum Gasteiger partial charge on any atom is 0.274 e. The van der Waals surface area contributed by atoms with Crippen molar-refractivity contribution in [1.82, 2.24) is 14.9 Å². The topological polar surface area (TPSA) is 88.6 Å². The largest absolute Gasteiger partial charge is 0.486 e. The standard InChI is InChI=1S/C19H25N5O3/c1-13-11-15(23-19(21-13)20-7-4-8-24(2)3)18(25)22-14-5-6-16-17(12-14)27-10-9-26-16/h5-6,11-12H,4,7-10H2,1-3H3,(H,22,25)(H,20,21,23). The van der Waals surface area contributed by atoms with Crippen LogP contribution < -0.4 is 20.1 Å². The van der Waals surface area contributed by atoms with Crippen LogP contribution in [0.25, 0.3) is 0 Å². The van der Waals surface area contributed by atoms with Gasteiger partial charge < -0.3 is 25.0 Å². The number of nitrogens with zero attached hydrogens (tertiary/aromatic N) is 3. The minimum absolute atomic E-state index is 0.298. The van der Waals surface area contributed by atoms with Crippen molar-refractivity contribution >= 4 is 17.5 Å². The molecule has 0 aliphatic carbocycles. The van der Waals surface area contributed by atoms with Crippen molar-refractivity contribution < 1.29 is 14.3 Å². The molecule has 1 aliphatic heterocycles. The maximum atomic E-state index is 12.6. The summed E-state index contributed by atoms with van der Waals surface area (Å²) in [6, 6.07) is 6.98. The van der Waals surface area contributed by atoms with Crippen molar-refractivity contribution in [2.75, 3.05) is 51.0 Å². The fourth-order valence-electron chi connectivity index (χ4n) is 2.68. The molecule has 1 aromatic carbocycles. The fourth-order valence-corrected chi connectivity index (χ4v) is 2.68. The zero-order valence-corrected chi connectivity index (χ0v) is 15.9. The van der Waals surface area contributed by atoms with Gasteiger partial charge in [-0.2, -0.15) is 0 Å². The molecule has 27 heavy (non-hydrogen) atoms. The molecule has 0 saturated heterocycles. The number of benzene rings is 1. The second-order valence-corrected chi connectivity index (χ2v) is 6.61. The van der Waals surface area contributed by atoms with E-state index in [4.69, 9.17) is 9.47 Å². The van der Waals surface area contributed by atoms with Crippen LogP contribution in [0.4, 0.5) is 11.6 Å². The predicted octanol–water partition coefficient (Wildman–Crippen LogP) is 2.17. The Kier molecular flexibility index (Phi) is 6.08. The number of fused-ring (bicyclic) bond motifs is 1. The van der Waals surface area contributed by atoms with Crippen LogP contribution in [0.15, 0.2) is 24.3 Å². The zero-order valence-electron chi connectivity index (χ0n) is 15.9. The molecule has 0 fully saturated rings. The molecule has 1 aliphatic rings. The zero-order chi connectivity index (χ0) is 19.2. The van der Waals surface area contributed by atoms with Gasteiger partial charge >= 0.3 is 0 Å². The Morgan fingerprint density at radius 3 is 2.70 bits per heavy atom. The van der Waals surface area contributed by atoms with Crippen LogP contribution in [0.3, 0.4) is 0 Å². The average Bonchev–Trinajstić information content (AvgIpc) is 2.64. The van der Waals surface area contributed by atoms with E-state index in [1.165, 1.54) is 0 Å². The molecular formula is C19H25N5O3. The minimum Gasteiger partial charge on any atom is -0.486 e. The third-order valence-electron chi connectivity index (χ3n) is 3.95. The number of rotatable bonds is 7. The highest BCUT2D eigenvalue weighted by Crippen LogP contribution is 2.32. The lowest BCUT2D eigenvalue weighted by Gasteiger charge is -2.19. The maximum absolute atomic E-state index is 12.6. The molecular weight excluding hydrogens is 346 g/mol. The summed E-state index contributed by atoms with van der Waals surface area (Å²) in [6.07, 6.45) is 0.961. The van der Waals surface area contributed by atoms with Crippen LogP contribution in [0.1, 0.15) is 22.6 Å².